The van der Waals surface area contributed by atoms with Gasteiger partial charge in [0.15, 0.2) is 11.5 Å². The summed E-state index contributed by atoms with van der Waals surface area (Å²) in [7, 11) is 0. The Bertz CT molecular complexity index is 1440. The number of hydrogen-bond donors (Lipinski definition) is 3. The van der Waals surface area contributed by atoms with Gasteiger partial charge >= 0.3 is 36.4 Å². The van der Waals surface area contributed by atoms with Crippen LogP contribution in [0.2, 0.25) is 0 Å². The summed E-state index contributed by atoms with van der Waals surface area (Å²) in [6.07, 6.45) is -6.31. The Morgan fingerprint density at radius 1 is 0.771 bits per heavy atom. The van der Waals surface area contributed by atoms with Gasteiger partial charge in [-0.25, -0.2) is 23.9 Å². The molecule has 0 aliphatic carbocycles. The van der Waals surface area contributed by atoms with Crippen molar-refractivity contribution < 1.29 is 69.2 Å². The van der Waals surface area contributed by atoms with Crippen molar-refractivity contribution in [1.29, 1.82) is 0 Å². The van der Waals surface area contributed by atoms with Crippen LogP contribution in [0.1, 0.15) is 43.1 Å². The Balaban J connectivity index is 0.000000313. The van der Waals surface area contributed by atoms with Gasteiger partial charge in [0.2, 0.25) is 0 Å². The van der Waals surface area contributed by atoms with E-state index in [2.05, 4.69) is 45.2 Å². The highest BCUT2D eigenvalue weighted by Gasteiger charge is 2.39. The summed E-state index contributed by atoms with van der Waals surface area (Å²) in [6, 6.07) is 10.4. The zero-order valence-electron chi connectivity index (χ0n) is 24.6. The van der Waals surface area contributed by atoms with Gasteiger partial charge in [-0.3, -0.25) is 9.88 Å². The summed E-state index contributed by atoms with van der Waals surface area (Å²) in [6.45, 7) is 5.34. The monoisotopic (exact) mass is 704 g/mol. The van der Waals surface area contributed by atoms with Gasteiger partial charge in [0.05, 0.1) is 17.6 Å². The first-order valence-electron chi connectivity index (χ1n) is 13.8. The second kappa shape index (κ2) is 16.9. The first-order chi connectivity index (χ1) is 22.2. The molecular weight excluding hydrogens is 675 g/mol. The molecule has 12 nitrogen and oxygen atoms in total. The molecule has 0 bridgehead atoms. The fourth-order valence-electron chi connectivity index (χ4n) is 4.36. The lowest BCUT2D eigenvalue weighted by Crippen LogP contribution is -2.34. The third-order valence-corrected chi connectivity index (χ3v) is 6.51. The number of aliphatic carboxylic acids is 3. The summed E-state index contributed by atoms with van der Waals surface area (Å²) >= 11 is 0. The summed E-state index contributed by atoms with van der Waals surface area (Å²) < 4.78 is 97.2. The first kappa shape index (κ1) is 39.5. The molecule has 5 heterocycles. The van der Waals surface area contributed by atoms with Crippen LogP contribution in [0.4, 0.5) is 45.2 Å². The normalized spacial score (nSPS) is 16.9. The van der Waals surface area contributed by atoms with E-state index in [4.69, 9.17) is 39.8 Å². The number of fused-ring (bicyclic) bond motifs is 1. The maximum Gasteiger partial charge on any atom is 0.490 e. The van der Waals surface area contributed by atoms with Crippen LogP contribution in [-0.2, 0) is 20.9 Å². The average molecular weight is 705 g/mol. The van der Waals surface area contributed by atoms with E-state index >= 15 is 0 Å². The average Bonchev–Trinajstić information content (AvgIpc) is 3.68. The minimum absolute atomic E-state index is 0.401. The second-order valence-electron chi connectivity index (χ2n) is 10.2. The lowest BCUT2D eigenvalue weighted by atomic mass is 9.97. The van der Waals surface area contributed by atoms with Crippen molar-refractivity contribution in [3.63, 3.8) is 0 Å². The van der Waals surface area contributed by atoms with Gasteiger partial charge in [0.25, 0.3) is 0 Å². The second-order valence-corrected chi connectivity index (χ2v) is 10.2. The molecule has 3 N–H and O–H groups in total. The molecule has 0 radical (unpaired) electrons. The molecule has 1 atom stereocenters. The number of carboxylic acid groups (broad SMARTS) is 3. The Hall–Kier alpha value is -4.69. The van der Waals surface area contributed by atoms with E-state index in [1.165, 1.54) is 24.9 Å². The SMILES string of the molecule is O=C(O)C(F)(F)F.O=C(O)C(F)(F)F.O=C(O)C(F)(F)F.c1ccc(CN2CCCC(c3nc4ccc(N5CCCC5)cn4n3)C2)nc1. The molecule has 1 unspecified atom stereocenters. The van der Waals surface area contributed by atoms with E-state index in [-0.39, 0.29) is 0 Å². The van der Waals surface area contributed by atoms with Gasteiger partial charge in [-0.15, -0.1) is 0 Å². The molecule has 0 spiro atoms. The third-order valence-electron chi connectivity index (χ3n) is 6.51. The van der Waals surface area contributed by atoms with Crippen molar-refractivity contribution in [3.05, 3.63) is 54.2 Å². The fourth-order valence-corrected chi connectivity index (χ4v) is 4.36. The molecule has 5 rings (SSSR count). The molecule has 3 aromatic rings. The number of carboxylic acids is 3. The van der Waals surface area contributed by atoms with Crippen LogP contribution in [0.15, 0.2) is 42.7 Å². The Morgan fingerprint density at radius 3 is 1.79 bits per heavy atom. The van der Waals surface area contributed by atoms with Gasteiger partial charge in [-0.1, -0.05) is 6.07 Å². The summed E-state index contributed by atoms with van der Waals surface area (Å²) in [5.74, 6) is -6.88. The molecule has 0 amide bonds. The standard InChI is InChI=1S/C21H26N6.3C2HF3O2/c1-2-10-22-18(7-1)15-25-11-5-6-17(14-25)21-23-20-9-8-19(16-27(20)24-21)26-12-3-4-13-26;3*3-2(4,5)1(6)7/h1-2,7-10,16-17H,3-6,11-15H2;3*(H,6,7). The summed E-state index contributed by atoms with van der Waals surface area (Å²) in [5, 5.41) is 26.2. The van der Waals surface area contributed by atoms with E-state index in [1.54, 1.807) is 0 Å². The molecule has 2 saturated heterocycles. The molecule has 3 aromatic heterocycles. The van der Waals surface area contributed by atoms with Crippen molar-refractivity contribution >= 4 is 29.2 Å². The van der Waals surface area contributed by atoms with Crippen molar-refractivity contribution in [3.8, 4) is 0 Å². The number of likely N-dealkylation sites (tertiary alicyclic amines) is 1. The zero-order valence-corrected chi connectivity index (χ0v) is 24.6. The molecular formula is C27H29F9N6O6. The smallest absolute Gasteiger partial charge is 0.475 e. The predicted octanol–water partition coefficient (Wildman–Crippen LogP) is 5.00. The van der Waals surface area contributed by atoms with Crippen molar-refractivity contribution in [2.45, 2.75) is 56.7 Å². The van der Waals surface area contributed by atoms with E-state index in [0.29, 0.717) is 5.92 Å². The Labute approximate surface area is 265 Å². The molecule has 2 aliphatic heterocycles. The maximum absolute atomic E-state index is 10.6. The number of hydrogen-bond acceptors (Lipinski definition) is 8. The van der Waals surface area contributed by atoms with Crippen LogP contribution in [0.25, 0.3) is 5.65 Å². The third kappa shape index (κ3) is 13.2. The molecule has 0 saturated carbocycles. The van der Waals surface area contributed by atoms with E-state index < -0.39 is 36.4 Å². The quantitative estimate of drug-likeness (QED) is 0.314. The highest BCUT2D eigenvalue weighted by atomic mass is 19.4. The predicted molar refractivity (Wildman–Crippen MR) is 147 cm³/mol. The molecule has 48 heavy (non-hydrogen) atoms. The van der Waals surface area contributed by atoms with Crippen molar-refractivity contribution in [2.75, 3.05) is 31.1 Å². The van der Waals surface area contributed by atoms with Crippen LogP contribution >= 0.6 is 0 Å². The first-order valence-corrected chi connectivity index (χ1v) is 13.8. The number of alkyl halides is 9. The van der Waals surface area contributed by atoms with Gasteiger partial charge in [0.1, 0.15) is 0 Å². The topological polar surface area (TPSA) is 161 Å². The highest BCUT2D eigenvalue weighted by Crippen LogP contribution is 2.27. The minimum Gasteiger partial charge on any atom is -0.475 e. The molecule has 266 valence electrons. The zero-order chi connectivity index (χ0) is 36.3. The maximum atomic E-state index is 10.6. The van der Waals surface area contributed by atoms with E-state index in [0.717, 1.165) is 56.3 Å². The Kier molecular flexibility index (Phi) is 13.9. The largest absolute Gasteiger partial charge is 0.490 e. The number of piperidine rings is 1. The molecule has 2 aliphatic rings. The number of carbonyl (C=O) groups is 3. The fraction of sp³-hybridized carbons (Fsp3) is 0.481. The van der Waals surface area contributed by atoms with Gasteiger partial charge in [-0.05, 0) is 56.5 Å². The van der Waals surface area contributed by atoms with Crippen LogP contribution < -0.4 is 4.90 Å². The Morgan fingerprint density at radius 2 is 1.31 bits per heavy atom. The number of halogens is 9. The molecule has 2 fully saturated rings. The minimum atomic E-state index is -5.08. The molecule has 21 heteroatoms. The van der Waals surface area contributed by atoms with Crippen molar-refractivity contribution in [2.24, 2.45) is 0 Å². The number of pyridine rings is 2. The number of aromatic nitrogens is 4. The number of rotatable bonds is 4. The summed E-state index contributed by atoms with van der Waals surface area (Å²) in [4.78, 5) is 40.9. The highest BCUT2D eigenvalue weighted by molar-refractivity contribution is 5.73. The lowest BCUT2D eigenvalue weighted by Gasteiger charge is -2.31. The lowest BCUT2D eigenvalue weighted by molar-refractivity contribution is -0.193. The number of nitrogens with zero attached hydrogens (tertiary/aromatic N) is 6. The van der Waals surface area contributed by atoms with Gasteiger partial charge < -0.3 is 20.2 Å². The van der Waals surface area contributed by atoms with Crippen LogP contribution in [0.5, 0.6) is 0 Å². The van der Waals surface area contributed by atoms with Gasteiger partial charge in [0, 0.05) is 38.3 Å². The van der Waals surface area contributed by atoms with Crippen LogP contribution in [0.3, 0.4) is 0 Å². The number of anilines is 1. The van der Waals surface area contributed by atoms with Gasteiger partial charge in [-0.2, -0.15) is 44.6 Å². The van der Waals surface area contributed by atoms with E-state index in [1.807, 2.05) is 16.8 Å². The van der Waals surface area contributed by atoms with Crippen LogP contribution in [-0.4, -0.2) is 102 Å². The van der Waals surface area contributed by atoms with Crippen molar-refractivity contribution in [1.82, 2.24) is 24.5 Å². The van der Waals surface area contributed by atoms with E-state index in [9.17, 15) is 39.5 Å². The summed E-state index contributed by atoms with van der Waals surface area (Å²) in [5.41, 5.74) is 3.35. The molecule has 0 aromatic carbocycles. The van der Waals surface area contributed by atoms with Crippen LogP contribution in [0, 0.1) is 0 Å².